The number of nitrogens with zero attached hydrogens (tertiary/aromatic N) is 3. The molecule has 2 rings (SSSR count). The van der Waals surface area contributed by atoms with Crippen LogP contribution in [0.1, 0.15) is 11.3 Å². The van der Waals surface area contributed by atoms with Gasteiger partial charge in [0.25, 0.3) is 0 Å². The first-order valence-corrected chi connectivity index (χ1v) is 4.52. The molecule has 14 heavy (non-hydrogen) atoms. The minimum atomic E-state index is 0.156. The average Bonchev–Trinajstić information content (AvgIpc) is 2.07. The number of nitrogen functional groups attached to an aromatic ring is 1. The zero-order valence-corrected chi connectivity index (χ0v) is 8.63. The number of fused-ring (bicyclic) bond motifs is 1. The topological polar surface area (TPSA) is 64.7 Å². The Balaban J connectivity index is 2.94. The van der Waals surface area contributed by atoms with E-state index in [2.05, 4.69) is 15.0 Å². The molecular weight excluding hydrogens is 200 g/mol. The van der Waals surface area contributed by atoms with E-state index in [9.17, 15) is 0 Å². The molecule has 5 heteroatoms. The lowest BCUT2D eigenvalue weighted by Gasteiger charge is -2.04. The number of hydrogen-bond acceptors (Lipinski definition) is 4. The van der Waals surface area contributed by atoms with E-state index < -0.39 is 0 Å². The number of pyridine rings is 1. The summed E-state index contributed by atoms with van der Waals surface area (Å²) in [7, 11) is 0. The van der Waals surface area contributed by atoms with E-state index >= 15 is 0 Å². The fourth-order valence-corrected chi connectivity index (χ4v) is 1.59. The summed E-state index contributed by atoms with van der Waals surface area (Å²) in [4.78, 5) is 12.2. The number of halogens is 1. The first kappa shape index (κ1) is 9.15. The van der Waals surface area contributed by atoms with E-state index in [1.165, 1.54) is 0 Å². The van der Waals surface area contributed by atoms with Crippen LogP contribution in [0.5, 0.6) is 0 Å². The Kier molecular flexibility index (Phi) is 2.00. The number of rotatable bonds is 0. The molecule has 0 spiro atoms. The number of anilines is 1. The third-order valence-electron chi connectivity index (χ3n) is 1.97. The van der Waals surface area contributed by atoms with Gasteiger partial charge in [-0.25, -0.2) is 9.97 Å². The molecule has 0 aliphatic heterocycles. The molecule has 0 saturated carbocycles. The van der Waals surface area contributed by atoms with Gasteiger partial charge >= 0.3 is 0 Å². The van der Waals surface area contributed by atoms with Gasteiger partial charge in [-0.05, 0) is 37.1 Å². The maximum atomic E-state index is 5.71. The highest BCUT2D eigenvalue weighted by Gasteiger charge is 2.07. The van der Waals surface area contributed by atoms with Crippen molar-refractivity contribution in [2.75, 3.05) is 5.73 Å². The van der Waals surface area contributed by atoms with Gasteiger partial charge in [-0.15, -0.1) is 0 Å². The maximum absolute atomic E-state index is 5.71. The SMILES string of the molecule is Cc1cc(C)c2nc(Cl)nc(N)c2n1. The van der Waals surface area contributed by atoms with Crippen molar-refractivity contribution in [3.8, 4) is 0 Å². The van der Waals surface area contributed by atoms with E-state index in [1.807, 2.05) is 19.9 Å². The predicted octanol–water partition coefficient (Wildman–Crippen LogP) is 1.88. The molecule has 0 aliphatic rings. The van der Waals surface area contributed by atoms with Gasteiger partial charge < -0.3 is 5.73 Å². The summed E-state index contributed by atoms with van der Waals surface area (Å²) in [6.45, 7) is 3.85. The molecule has 2 heterocycles. The molecule has 0 atom stereocenters. The molecule has 2 aromatic rings. The molecule has 0 amide bonds. The van der Waals surface area contributed by atoms with Crippen molar-refractivity contribution in [1.82, 2.24) is 15.0 Å². The Labute approximate surface area is 86.1 Å². The highest BCUT2D eigenvalue weighted by Crippen LogP contribution is 2.21. The van der Waals surface area contributed by atoms with Crippen molar-refractivity contribution in [2.45, 2.75) is 13.8 Å². The molecule has 72 valence electrons. The van der Waals surface area contributed by atoms with E-state index in [0.717, 1.165) is 11.3 Å². The van der Waals surface area contributed by atoms with Gasteiger partial charge in [0.2, 0.25) is 5.28 Å². The van der Waals surface area contributed by atoms with Gasteiger partial charge in [-0.1, -0.05) is 0 Å². The second-order valence-electron chi connectivity index (χ2n) is 3.16. The number of aromatic nitrogens is 3. The van der Waals surface area contributed by atoms with Crippen LogP contribution in [0.25, 0.3) is 11.0 Å². The highest BCUT2D eigenvalue weighted by atomic mass is 35.5. The minimum absolute atomic E-state index is 0.156. The van der Waals surface area contributed by atoms with Crippen LogP contribution >= 0.6 is 11.6 Å². The minimum Gasteiger partial charge on any atom is -0.382 e. The molecule has 0 aromatic carbocycles. The summed E-state index contributed by atoms with van der Waals surface area (Å²) in [6, 6.07) is 1.94. The monoisotopic (exact) mass is 208 g/mol. The fraction of sp³-hybridized carbons (Fsp3) is 0.222. The van der Waals surface area contributed by atoms with E-state index in [1.54, 1.807) is 0 Å². The van der Waals surface area contributed by atoms with Crippen LogP contribution in [0, 0.1) is 13.8 Å². The van der Waals surface area contributed by atoms with Crippen LogP contribution in [-0.2, 0) is 0 Å². The Hall–Kier alpha value is -1.42. The molecule has 0 unspecified atom stereocenters. The summed E-state index contributed by atoms with van der Waals surface area (Å²) in [5, 5.41) is 0.156. The largest absolute Gasteiger partial charge is 0.382 e. The van der Waals surface area contributed by atoms with Crippen molar-refractivity contribution in [3.05, 3.63) is 22.6 Å². The fourth-order valence-electron chi connectivity index (χ4n) is 1.42. The van der Waals surface area contributed by atoms with Crippen LogP contribution in [0.15, 0.2) is 6.07 Å². The van der Waals surface area contributed by atoms with Crippen molar-refractivity contribution in [2.24, 2.45) is 0 Å². The van der Waals surface area contributed by atoms with Crippen molar-refractivity contribution < 1.29 is 0 Å². The van der Waals surface area contributed by atoms with Crippen LogP contribution in [0.3, 0.4) is 0 Å². The second kappa shape index (κ2) is 3.06. The Morgan fingerprint density at radius 2 is 1.86 bits per heavy atom. The molecule has 4 nitrogen and oxygen atoms in total. The van der Waals surface area contributed by atoms with E-state index in [-0.39, 0.29) is 5.28 Å². The van der Waals surface area contributed by atoms with Crippen LogP contribution in [-0.4, -0.2) is 15.0 Å². The van der Waals surface area contributed by atoms with Gasteiger partial charge in [0.1, 0.15) is 5.52 Å². The molecule has 0 radical (unpaired) electrons. The highest BCUT2D eigenvalue weighted by molar-refractivity contribution is 6.28. The van der Waals surface area contributed by atoms with Crippen molar-refractivity contribution in [1.29, 1.82) is 0 Å². The van der Waals surface area contributed by atoms with Crippen LogP contribution in [0.2, 0.25) is 5.28 Å². The number of aryl methyl sites for hydroxylation is 2. The molecular formula is C9H9ClN4. The summed E-state index contributed by atoms with van der Waals surface area (Å²) in [5.41, 5.74) is 8.93. The van der Waals surface area contributed by atoms with Crippen molar-refractivity contribution >= 4 is 28.5 Å². The lowest BCUT2D eigenvalue weighted by Crippen LogP contribution is -1.99. The van der Waals surface area contributed by atoms with Gasteiger partial charge in [0, 0.05) is 5.69 Å². The third kappa shape index (κ3) is 1.37. The number of hydrogen-bond donors (Lipinski definition) is 1. The zero-order valence-electron chi connectivity index (χ0n) is 7.87. The normalized spacial score (nSPS) is 10.8. The summed E-state index contributed by atoms with van der Waals surface area (Å²) in [5.74, 6) is 0.326. The zero-order chi connectivity index (χ0) is 10.3. The van der Waals surface area contributed by atoms with Gasteiger partial charge in [-0.3, -0.25) is 0 Å². The Morgan fingerprint density at radius 1 is 1.14 bits per heavy atom. The van der Waals surface area contributed by atoms with Crippen LogP contribution < -0.4 is 5.73 Å². The first-order valence-electron chi connectivity index (χ1n) is 4.15. The van der Waals surface area contributed by atoms with E-state index in [4.69, 9.17) is 17.3 Å². The summed E-state index contributed by atoms with van der Waals surface area (Å²) >= 11 is 5.71. The Bertz CT molecular complexity index is 462. The Morgan fingerprint density at radius 3 is 2.57 bits per heavy atom. The van der Waals surface area contributed by atoms with Gasteiger partial charge in [0.15, 0.2) is 5.82 Å². The molecule has 0 fully saturated rings. The molecule has 2 N–H and O–H groups in total. The third-order valence-corrected chi connectivity index (χ3v) is 2.14. The molecule has 0 bridgehead atoms. The van der Waals surface area contributed by atoms with Gasteiger partial charge in [-0.2, -0.15) is 4.98 Å². The molecule has 0 saturated heterocycles. The van der Waals surface area contributed by atoms with Gasteiger partial charge in [0.05, 0.1) is 5.52 Å². The quantitative estimate of drug-likeness (QED) is 0.672. The standard InChI is InChI=1S/C9H9ClN4/c1-4-3-5(2)12-7-6(4)13-9(10)14-8(7)11/h3H,1-2H3,(H2,11,13,14). The van der Waals surface area contributed by atoms with Crippen molar-refractivity contribution in [3.63, 3.8) is 0 Å². The molecule has 2 aromatic heterocycles. The lowest BCUT2D eigenvalue weighted by atomic mass is 10.2. The summed E-state index contributed by atoms with van der Waals surface area (Å²) < 4.78 is 0. The second-order valence-corrected chi connectivity index (χ2v) is 3.49. The average molecular weight is 209 g/mol. The maximum Gasteiger partial charge on any atom is 0.225 e. The van der Waals surface area contributed by atoms with E-state index in [0.29, 0.717) is 16.9 Å². The van der Waals surface area contributed by atoms with Crippen LogP contribution in [0.4, 0.5) is 5.82 Å². The number of nitrogens with two attached hydrogens (primary N) is 1. The summed E-state index contributed by atoms with van der Waals surface area (Å²) in [6.07, 6.45) is 0. The smallest absolute Gasteiger partial charge is 0.225 e. The lowest BCUT2D eigenvalue weighted by molar-refractivity contribution is 1.16. The predicted molar refractivity (Wildman–Crippen MR) is 56.2 cm³/mol. The first-order chi connectivity index (χ1) is 6.58. The molecule has 0 aliphatic carbocycles.